The summed E-state index contributed by atoms with van der Waals surface area (Å²) < 4.78 is 16.8. The molecule has 1 rings (SSSR count). The normalized spacial score (nSPS) is 14.9. The molecule has 0 heterocycles. The Kier molecular flexibility index (Phi) is 7.38. The van der Waals surface area contributed by atoms with Crippen LogP contribution in [0.3, 0.4) is 0 Å². The highest BCUT2D eigenvalue weighted by atomic mass is 31.2. The first-order valence-corrected chi connectivity index (χ1v) is 8.70. The summed E-state index contributed by atoms with van der Waals surface area (Å²) in [5.41, 5.74) is 6.69. The molecule has 5 N–H and O–H groups in total. The summed E-state index contributed by atoms with van der Waals surface area (Å²) in [6.45, 7) is -0.128. The molecule has 0 saturated carbocycles. The number of hydrogen-bond acceptors (Lipinski definition) is 5. The standard InChI is InChI=1S/C14H20NO7P/c15-12(14(18)19)6-7-23(20,21)22-9-11-3-1-2-10(8-11)4-5-13(16)17/h1-3,8,12H,4-7,9,15H2,(H,16,17)(H,18,19)(H,20,21). The molecule has 0 bridgehead atoms. The van der Waals surface area contributed by atoms with Crippen LogP contribution in [0.15, 0.2) is 24.3 Å². The number of rotatable bonds is 10. The fourth-order valence-electron chi connectivity index (χ4n) is 1.79. The molecule has 0 aromatic heterocycles. The number of carboxylic acid groups (broad SMARTS) is 2. The minimum atomic E-state index is -3.94. The van der Waals surface area contributed by atoms with Gasteiger partial charge in [-0.3, -0.25) is 14.2 Å². The Morgan fingerprint density at radius 2 is 1.91 bits per heavy atom. The van der Waals surface area contributed by atoms with Gasteiger partial charge in [-0.25, -0.2) is 0 Å². The lowest BCUT2D eigenvalue weighted by molar-refractivity contribution is -0.139. The van der Waals surface area contributed by atoms with E-state index in [1.807, 2.05) is 0 Å². The van der Waals surface area contributed by atoms with E-state index in [0.29, 0.717) is 12.0 Å². The molecule has 128 valence electrons. The molecule has 0 saturated heterocycles. The Morgan fingerprint density at radius 1 is 1.26 bits per heavy atom. The first kappa shape index (κ1) is 19.3. The quantitative estimate of drug-likeness (QED) is 0.463. The predicted molar refractivity (Wildman–Crippen MR) is 82.1 cm³/mol. The molecule has 0 fully saturated rings. The Labute approximate surface area is 133 Å². The van der Waals surface area contributed by atoms with Crippen molar-refractivity contribution in [3.05, 3.63) is 35.4 Å². The van der Waals surface area contributed by atoms with Crippen molar-refractivity contribution in [3.63, 3.8) is 0 Å². The zero-order valence-corrected chi connectivity index (χ0v) is 13.3. The largest absolute Gasteiger partial charge is 0.481 e. The van der Waals surface area contributed by atoms with Crippen molar-refractivity contribution < 1.29 is 33.8 Å². The lowest BCUT2D eigenvalue weighted by Crippen LogP contribution is -2.30. The molecule has 1 aromatic rings. The third-order valence-corrected chi connectivity index (χ3v) is 4.45. The fraction of sp³-hybridized carbons (Fsp3) is 0.429. The Morgan fingerprint density at radius 3 is 2.52 bits per heavy atom. The van der Waals surface area contributed by atoms with Gasteiger partial charge in [-0.1, -0.05) is 24.3 Å². The van der Waals surface area contributed by atoms with Crippen molar-refractivity contribution >= 4 is 19.5 Å². The Balaban J connectivity index is 2.53. The summed E-state index contributed by atoms with van der Waals surface area (Å²) in [4.78, 5) is 30.8. The number of aryl methyl sites for hydroxylation is 1. The number of carboxylic acids is 2. The summed E-state index contributed by atoms with van der Waals surface area (Å²) >= 11 is 0. The molecular weight excluding hydrogens is 325 g/mol. The minimum Gasteiger partial charge on any atom is -0.481 e. The zero-order valence-electron chi connectivity index (χ0n) is 12.4. The van der Waals surface area contributed by atoms with Crippen molar-refractivity contribution in [2.24, 2.45) is 5.73 Å². The predicted octanol–water partition coefficient (Wildman–Crippen LogP) is 1.21. The molecule has 23 heavy (non-hydrogen) atoms. The zero-order chi connectivity index (χ0) is 17.5. The first-order valence-electron chi connectivity index (χ1n) is 6.94. The van der Waals surface area contributed by atoms with E-state index in [4.69, 9.17) is 20.5 Å². The summed E-state index contributed by atoms with van der Waals surface area (Å²) in [5.74, 6) is -2.14. The third-order valence-electron chi connectivity index (χ3n) is 3.09. The van der Waals surface area contributed by atoms with Crippen molar-refractivity contribution in [3.8, 4) is 0 Å². The molecule has 2 unspecified atom stereocenters. The van der Waals surface area contributed by atoms with Gasteiger partial charge in [0.2, 0.25) is 0 Å². The van der Waals surface area contributed by atoms with Gasteiger partial charge in [-0.2, -0.15) is 0 Å². The van der Waals surface area contributed by atoms with Crippen LogP contribution in [0.5, 0.6) is 0 Å². The maximum Gasteiger partial charge on any atom is 0.328 e. The third kappa shape index (κ3) is 7.90. The van der Waals surface area contributed by atoms with Gasteiger partial charge in [-0.15, -0.1) is 0 Å². The number of nitrogens with two attached hydrogens (primary N) is 1. The van der Waals surface area contributed by atoms with Gasteiger partial charge in [0, 0.05) is 6.42 Å². The number of carbonyl (C=O) groups is 2. The molecule has 1 aromatic carbocycles. The van der Waals surface area contributed by atoms with Gasteiger partial charge in [0.05, 0.1) is 12.8 Å². The lowest BCUT2D eigenvalue weighted by atomic mass is 10.1. The van der Waals surface area contributed by atoms with E-state index in [-0.39, 0.29) is 25.6 Å². The summed E-state index contributed by atoms with van der Waals surface area (Å²) in [5, 5.41) is 17.3. The summed E-state index contributed by atoms with van der Waals surface area (Å²) in [6, 6.07) is 5.65. The van der Waals surface area contributed by atoms with Gasteiger partial charge < -0.3 is 25.4 Å². The SMILES string of the molecule is NC(CCP(=O)(O)OCc1cccc(CCC(=O)O)c1)C(=O)O. The van der Waals surface area contributed by atoms with Crippen LogP contribution in [-0.4, -0.2) is 39.2 Å². The smallest absolute Gasteiger partial charge is 0.328 e. The van der Waals surface area contributed by atoms with Crippen molar-refractivity contribution in [1.29, 1.82) is 0 Å². The van der Waals surface area contributed by atoms with Crippen LogP contribution in [-0.2, 0) is 31.7 Å². The van der Waals surface area contributed by atoms with E-state index in [0.717, 1.165) is 5.56 Å². The molecule has 0 amide bonds. The molecule has 0 aliphatic heterocycles. The van der Waals surface area contributed by atoms with E-state index in [1.54, 1.807) is 24.3 Å². The van der Waals surface area contributed by atoms with Crippen LogP contribution >= 0.6 is 7.60 Å². The van der Waals surface area contributed by atoms with Crippen LogP contribution in [0, 0.1) is 0 Å². The van der Waals surface area contributed by atoms with Crippen LogP contribution in [0.25, 0.3) is 0 Å². The van der Waals surface area contributed by atoms with Crippen molar-refractivity contribution in [2.75, 3.05) is 6.16 Å². The molecule has 0 aliphatic carbocycles. The van der Waals surface area contributed by atoms with Crippen LogP contribution in [0.2, 0.25) is 0 Å². The summed E-state index contributed by atoms with van der Waals surface area (Å²) in [6.07, 6.45) is -0.162. The second-order valence-corrected chi connectivity index (χ2v) is 7.06. The van der Waals surface area contributed by atoms with Crippen LogP contribution < -0.4 is 5.73 Å². The van der Waals surface area contributed by atoms with E-state index in [2.05, 4.69) is 0 Å². The highest BCUT2D eigenvalue weighted by molar-refractivity contribution is 7.52. The molecular formula is C14H20NO7P. The Bertz CT molecular complexity index is 605. The topological polar surface area (TPSA) is 147 Å². The van der Waals surface area contributed by atoms with E-state index >= 15 is 0 Å². The number of aliphatic carboxylic acids is 2. The lowest BCUT2D eigenvalue weighted by Gasteiger charge is -2.14. The second kappa shape index (κ2) is 8.79. The highest BCUT2D eigenvalue weighted by Gasteiger charge is 2.23. The highest BCUT2D eigenvalue weighted by Crippen LogP contribution is 2.43. The average Bonchev–Trinajstić information content (AvgIpc) is 2.49. The molecule has 0 aliphatic rings. The van der Waals surface area contributed by atoms with Crippen molar-refractivity contribution in [1.82, 2.24) is 0 Å². The van der Waals surface area contributed by atoms with Gasteiger partial charge in [0.25, 0.3) is 0 Å². The molecule has 9 heteroatoms. The average molecular weight is 345 g/mol. The maximum absolute atomic E-state index is 11.8. The van der Waals surface area contributed by atoms with Gasteiger partial charge >= 0.3 is 19.5 Å². The van der Waals surface area contributed by atoms with E-state index in [1.165, 1.54) is 0 Å². The number of hydrogen-bond donors (Lipinski definition) is 4. The van der Waals surface area contributed by atoms with E-state index < -0.39 is 25.6 Å². The van der Waals surface area contributed by atoms with E-state index in [9.17, 15) is 19.0 Å². The minimum absolute atomic E-state index is 0.00409. The number of benzene rings is 1. The fourth-order valence-corrected chi connectivity index (χ4v) is 2.88. The molecule has 2 atom stereocenters. The summed E-state index contributed by atoms with van der Waals surface area (Å²) in [7, 11) is -3.94. The molecule has 0 radical (unpaired) electrons. The van der Waals surface area contributed by atoms with Gasteiger partial charge in [0.1, 0.15) is 6.04 Å². The van der Waals surface area contributed by atoms with Crippen molar-refractivity contribution in [2.45, 2.75) is 31.9 Å². The second-order valence-electron chi connectivity index (χ2n) is 5.08. The monoisotopic (exact) mass is 345 g/mol. The molecule has 8 nitrogen and oxygen atoms in total. The van der Waals surface area contributed by atoms with Crippen LogP contribution in [0.1, 0.15) is 24.0 Å². The van der Waals surface area contributed by atoms with Crippen LogP contribution in [0.4, 0.5) is 0 Å². The van der Waals surface area contributed by atoms with Gasteiger partial charge in [0.15, 0.2) is 0 Å². The Hall–Kier alpha value is -1.73. The maximum atomic E-state index is 11.8. The van der Waals surface area contributed by atoms with Gasteiger partial charge in [-0.05, 0) is 24.0 Å². The molecule has 0 spiro atoms. The first-order chi connectivity index (χ1) is 10.7.